The van der Waals surface area contributed by atoms with E-state index in [-0.39, 0.29) is 0 Å². The molecule has 1 rings (SSSR count). The van der Waals surface area contributed by atoms with Crippen LogP contribution in [0.25, 0.3) is 0 Å². The predicted molar refractivity (Wildman–Crippen MR) is 54.5 cm³/mol. The predicted octanol–water partition coefficient (Wildman–Crippen LogP) is 1.50. The van der Waals surface area contributed by atoms with Crippen LogP contribution < -0.4 is 5.73 Å². The molecule has 0 aromatic carbocycles. The van der Waals surface area contributed by atoms with E-state index in [4.69, 9.17) is 10.5 Å². The minimum absolute atomic E-state index is 0.307. The van der Waals surface area contributed by atoms with Crippen molar-refractivity contribution in [1.29, 1.82) is 0 Å². The third-order valence-corrected chi connectivity index (χ3v) is 3.29. The normalized spacial score (nSPS) is 30.5. The lowest BCUT2D eigenvalue weighted by Gasteiger charge is -2.35. The van der Waals surface area contributed by atoms with E-state index in [9.17, 15) is 0 Å². The standard InChI is InChI=1S/C9H19NOS/c1-12-6-4-9(7-10)3-2-5-11-8-9/h2-8,10H2,1H3. The first-order valence-corrected chi connectivity index (χ1v) is 5.99. The molecule has 72 valence electrons. The van der Waals surface area contributed by atoms with Crippen LogP contribution in [0, 0.1) is 5.41 Å². The van der Waals surface area contributed by atoms with E-state index in [0.29, 0.717) is 5.41 Å². The van der Waals surface area contributed by atoms with Gasteiger partial charge >= 0.3 is 0 Å². The minimum Gasteiger partial charge on any atom is -0.381 e. The maximum atomic E-state index is 5.79. The monoisotopic (exact) mass is 189 g/mol. The maximum Gasteiger partial charge on any atom is 0.0534 e. The lowest BCUT2D eigenvalue weighted by molar-refractivity contribution is -0.00419. The van der Waals surface area contributed by atoms with E-state index in [1.165, 1.54) is 25.0 Å². The summed E-state index contributed by atoms with van der Waals surface area (Å²) in [5.74, 6) is 1.21. The van der Waals surface area contributed by atoms with Crippen LogP contribution in [0.1, 0.15) is 19.3 Å². The average Bonchev–Trinajstić information content (AvgIpc) is 2.16. The SMILES string of the molecule is CSCCC1(CN)CCCOC1. The molecule has 1 saturated heterocycles. The summed E-state index contributed by atoms with van der Waals surface area (Å²) in [6.45, 7) is 2.60. The van der Waals surface area contributed by atoms with Gasteiger partial charge in [-0.1, -0.05) is 0 Å². The van der Waals surface area contributed by atoms with Gasteiger partial charge < -0.3 is 10.5 Å². The quantitative estimate of drug-likeness (QED) is 0.728. The Hall–Kier alpha value is 0.270. The molecule has 0 aromatic rings. The highest BCUT2D eigenvalue weighted by atomic mass is 32.2. The van der Waals surface area contributed by atoms with Gasteiger partial charge in [-0.2, -0.15) is 11.8 Å². The third-order valence-electron chi connectivity index (χ3n) is 2.67. The molecule has 12 heavy (non-hydrogen) atoms. The van der Waals surface area contributed by atoms with Gasteiger partial charge in [0.15, 0.2) is 0 Å². The summed E-state index contributed by atoms with van der Waals surface area (Å²) in [4.78, 5) is 0. The van der Waals surface area contributed by atoms with Crippen LogP contribution in [-0.4, -0.2) is 31.8 Å². The van der Waals surface area contributed by atoms with Gasteiger partial charge in [0.25, 0.3) is 0 Å². The zero-order valence-corrected chi connectivity index (χ0v) is 8.66. The summed E-state index contributed by atoms with van der Waals surface area (Å²) >= 11 is 1.90. The first-order valence-electron chi connectivity index (χ1n) is 4.60. The molecule has 2 nitrogen and oxygen atoms in total. The fourth-order valence-electron chi connectivity index (χ4n) is 1.69. The molecular formula is C9H19NOS. The Kier molecular flexibility index (Phi) is 4.40. The molecule has 0 saturated carbocycles. The van der Waals surface area contributed by atoms with Crippen molar-refractivity contribution in [2.45, 2.75) is 19.3 Å². The van der Waals surface area contributed by atoms with E-state index in [0.717, 1.165) is 19.8 Å². The van der Waals surface area contributed by atoms with Crippen molar-refractivity contribution in [2.75, 3.05) is 31.8 Å². The fourth-order valence-corrected chi connectivity index (χ4v) is 2.33. The molecule has 1 aliphatic heterocycles. The topological polar surface area (TPSA) is 35.2 Å². The second-order valence-electron chi connectivity index (χ2n) is 3.60. The van der Waals surface area contributed by atoms with E-state index in [1.54, 1.807) is 0 Å². The first kappa shape index (κ1) is 10.4. The summed E-state index contributed by atoms with van der Waals surface area (Å²) in [5, 5.41) is 0. The van der Waals surface area contributed by atoms with E-state index >= 15 is 0 Å². The first-order chi connectivity index (χ1) is 5.83. The van der Waals surface area contributed by atoms with Crippen molar-refractivity contribution < 1.29 is 4.74 Å². The highest BCUT2D eigenvalue weighted by Gasteiger charge is 2.30. The van der Waals surface area contributed by atoms with E-state index < -0.39 is 0 Å². The Morgan fingerprint density at radius 2 is 2.42 bits per heavy atom. The van der Waals surface area contributed by atoms with Crippen LogP contribution in [0.15, 0.2) is 0 Å². The summed E-state index contributed by atoms with van der Waals surface area (Å²) in [6.07, 6.45) is 5.80. The molecule has 1 unspecified atom stereocenters. The average molecular weight is 189 g/mol. The summed E-state index contributed by atoms with van der Waals surface area (Å²) < 4.78 is 5.48. The molecule has 1 aliphatic rings. The van der Waals surface area contributed by atoms with Gasteiger partial charge in [-0.05, 0) is 31.3 Å². The summed E-state index contributed by atoms with van der Waals surface area (Å²) in [6, 6.07) is 0. The van der Waals surface area contributed by atoms with Crippen LogP contribution in [-0.2, 0) is 4.74 Å². The van der Waals surface area contributed by atoms with Crippen LogP contribution in [0.2, 0.25) is 0 Å². The van der Waals surface area contributed by atoms with Gasteiger partial charge in [0.1, 0.15) is 0 Å². The van der Waals surface area contributed by atoms with Gasteiger partial charge in [-0.15, -0.1) is 0 Å². The number of ether oxygens (including phenoxy) is 1. The van der Waals surface area contributed by atoms with Crippen molar-refractivity contribution >= 4 is 11.8 Å². The van der Waals surface area contributed by atoms with Crippen molar-refractivity contribution in [3.05, 3.63) is 0 Å². The molecule has 0 aliphatic carbocycles. The number of thioether (sulfide) groups is 1. The molecule has 0 radical (unpaired) electrons. The molecule has 0 bridgehead atoms. The maximum absolute atomic E-state index is 5.79. The molecule has 0 amide bonds. The second-order valence-corrected chi connectivity index (χ2v) is 4.59. The third kappa shape index (κ3) is 2.64. The molecule has 0 spiro atoms. The van der Waals surface area contributed by atoms with Crippen molar-refractivity contribution in [1.82, 2.24) is 0 Å². The summed E-state index contributed by atoms with van der Waals surface area (Å²) in [5.41, 5.74) is 6.10. The van der Waals surface area contributed by atoms with Gasteiger partial charge in [-0.3, -0.25) is 0 Å². The van der Waals surface area contributed by atoms with Crippen LogP contribution in [0.4, 0.5) is 0 Å². The second kappa shape index (κ2) is 5.10. The minimum atomic E-state index is 0.307. The Labute approximate surface area is 79.2 Å². The zero-order chi connectivity index (χ0) is 8.86. The van der Waals surface area contributed by atoms with Gasteiger partial charge in [0.2, 0.25) is 0 Å². The number of hydrogen-bond donors (Lipinski definition) is 1. The number of rotatable bonds is 4. The molecule has 1 atom stereocenters. The molecule has 2 N–H and O–H groups in total. The van der Waals surface area contributed by atoms with Crippen molar-refractivity contribution in [2.24, 2.45) is 11.1 Å². The molecular weight excluding hydrogens is 170 g/mol. The smallest absolute Gasteiger partial charge is 0.0534 e. The Morgan fingerprint density at radius 3 is 2.92 bits per heavy atom. The molecule has 0 aromatic heterocycles. The van der Waals surface area contributed by atoms with Crippen LogP contribution in [0.3, 0.4) is 0 Å². The van der Waals surface area contributed by atoms with Crippen LogP contribution >= 0.6 is 11.8 Å². The Balaban J connectivity index is 2.37. The highest BCUT2D eigenvalue weighted by molar-refractivity contribution is 7.98. The van der Waals surface area contributed by atoms with Gasteiger partial charge in [0, 0.05) is 18.6 Å². The van der Waals surface area contributed by atoms with Crippen LogP contribution in [0.5, 0.6) is 0 Å². The zero-order valence-electron chi connectivity index (χ0n) is 7.84. The Bertz CT molecular complexity index is 124. The number of hydrogen-bond acceptors (Lipinski definition) is 3. The molecule has 3 heteroatoms. The largest absolute Gasteiger partial charge is 0.381 e. The van der Waals surface area contributed by atoms with E-state index in [1.807, 2.05) is 11.8 Å². The van der Waals surface area contributed by atoms with Gasteiger partial charge in [-0.25, -0.2) is 0 Å². The highest BCUT2D eigenvalue weighted by Crippen LogP contribution is 2.31. The van der Waals surface area contributed by atoms with Gasteiger partial charge in [0.05, 0.1) is 6.61 Å². The molecule has 1 heterocycles. The van der Waals surface area contributed by atoms with E-state index in [2.05, 4.69) is 6.26 Å². The lowest BCUT2D eigenvalue weighted by Crippen LogP contribution is -2.39. The molecule has 1 fully saturated rings. The summed E-state index contributed by atoms with van der Waals surface area (Å²) in [7, 11) is 0. The Morgan fingerprint density at radius 1 is 1.58 bits per heavy atom. The lowest BCUT2D eigenvalue weighted by atomic mass is 9.80. The van der Waals surface area contributed by atoms with Crippen molar-refractivity contribution in [3.63, 3.8) is 0 Å². The fraction of sp³-hybridized carbons (Fsp3) is 1.00. The van der Waals surface area contributed by atoms with Crippen molar-refractivity contribution in [3.8, 4) is 0 Å². The number of nitrogens with two attached hydrogens (primary N) is 1.